The lowest BCUT2D eigenvalue weighted by atomic mass is 11.3. The van der Waals surface area contributed by atoms with E-state index in [1.165, 1.54) is 0 Å². The van der Waals surface area contributed by atoms with Gasteiger partial charge in [0.1, 0.15) is 0 Å². The summed E-state index contributed by atoms with van der Waals surface area (Å²) in [6.45, 7) is 0. The molecule has 0 saturated carbocycles. The van der Waals surface area contributed by atoms with Crippen molar-refractivity contribution in [1.29, 1.82) is 0 Å². The highest BCUT2D eigenvalue weighted by molar-refractivity contribution is 7.87. The Bertz CT molecular complexity index is 392. The van der Waals surface area contributed by atoms with E-state index in [0.717, 1.165) is 0 Å². The molecule has 92 valence electrons. The van der Waals surface area contributed by atoms with Crippen LogP contribution in [0.2, 0.25) is 0 Å². The van der Waals surface area contributed by atoms with Gasteiger partial charge in [-0.15, -0.1) is 0 Å². The van der Waals surface area contributed by atoms with Gasteiger partial charge in [-0.25, -0.2) is 4.74 Å². The van der Waals surface area contributed by atoms with Gasteiger partial charge in [0.2, 0.25) is 0 Å². The van der Waals surface area contributed by atoms with Crippen molar-refractivity contribution in [3.63, 3.8) is 0 Å². The molecule has 0 spiro atoms. The van der Waals surface area contributed by atoms with Crippen LogP contribution in [0.15, 0.2) is 0 Å². The fourth-order valence-corrected chi connectivity index (χ4v) is 0.716. The Labute approximate surface area is 80.1 Å². The Kier molecular flexibility index (Phi) is 3.40. The fourth-order valence-electron chi connectivity index (χ4n) is 0.244. The van der Waals surface area contributed by atoms with E-state index in [0.29, 0.717) is 0 Å². The van der Waals surface area contributed by atoms with Gasteiger partial charge in [0, 0.05) is 0 Å². The molecule has 7 nitrogen and oxygen atoms in total. The van der Waals surface area contributed by atoms with Crippen LogP contribution in [0.1, 0.15) is 0 Å². The van der Waals surface area contributed by atoms with Crippen molar-refractivity contribution in [2.24, 2.45) is 0 Å². The van der Waals surface area contributed by atoms with Crippen molar-refractivity contribution in [2.45, 2.75) is 10.9 Å². The van der Waals surface area contributed by atoms with Gasteiger partial charge >= 0.3 is 31.1 Å². The van der Waals surface area contributed by atoms with Crippen molar-refractivity contribution in [3.05, 3.63) is 0 Å². The van der Waals surface area contributed by atoms with Crippen molar-refractivity contribution in [3.8, 4) is 0 Å². The number of hydrogen-bond acceptors (Lipinski definition) is 5. The van der Waals surface area contributed by atoms with Gasteiger partial charge in [0.25, 0.3) is 0 Å². The zero-order chi connectivity index (χ0) is 12.7. The minimum absolute atomic E-state index is 2.01. The molecule has 0 unspecified atom stereocenters. The topological polar surface area (TPSA) is 118 Å². The Hall–Kier alpha value is -0.500. The van der Waals surface area contributed by atoms with Crippen LogP contribution in [0.25, 0.3) is 0 Å². The predicted octanol–water partition coefficient (Wildman–Crippen LogP) is -0.121. The minimum atomic E-state index is -6.41. The third-order valence-corrected chi connectivity index (χ3v) is 2.21. The zero-order valence-corrected chi connectivity index (χ0v) is 7.90. The highest BCUT2D eigenvalue weighted by Crippen LogP contribution is 2.33. The van der Waals surface area contributed by atoms with Gasteiger partial charge in [0.05, 0.1) is 0 Å². The molecule has 13 heteroatoms. The van der Waals surface area contributed by atoms with Crippen molar-refractivity contribution >= 4 is 20.2 Å². The summed E-state index contributed by atoms with van der Waals surface area (Å²) in [7, 11) is -12.8. The molecule has 0 atom stereocenters. The van der Waals surface area contributed by atoms with E-state index in [-0.39, 0.29) is 0 Å². The second-order valence-electron chi connectivity index (χ2n) is 1.98. The van der Waals surface area contributed by atoms with E-state index in [4.69, 9.17) is 9.11 Å². The molecule has 2 N–H and O–H groups in total. The van der Waals surface area contributed by atoms with E-state index in [2.05, 4.69) is 0 Å². The van der Waals surface area contributed by atoms with Crippen LogP contribution in [0.4, 0.5) is 17.6 Å². The summed E-state index contributed by atoms with van der Waals surface area (Å²) < 4.78 is 104. The van der Waals surface area contributed by atoms with E-state index >= 15 is 0 Å². The molecule has 0 heterocycles. The van der Waals surface area contributed by atoms with Gasteiger partial charge < -0.3 is 0 Å². The van der Waals surface area contributed by atoms with Gasteiger partial charge in [-0.2, -0.15) is 34.4 Å². The maximum atomic E-state index is 12.0. The first-order chi connectivity index (χ1) is 6.21. The molecule has 0 fully saturated rings. The fraction of sp³-hybridized carbons (Fsp3) is 1.00. The average molecular weight is 278 g/mol. The van der Waals surface area contributed by atoms with Crippen molar-refractivity contribution < 1.29 is 48.2 Å². The maximum Gasteiger partial charge on any atom is 0.493 e. The van der Waals surface area contributed by atoms with Gasteiger partial charge in [-0.05, 0) is 0 Å². The molecular weight excluding hydrogens is 276 g/mol. The molecule has 0 aromatic carbocycles. The van der Waals surface area contributed by atoms with Crippen molar-refractivity contribution in [1.82, 2.24) is 0 Å². The molecular formula is C2H2F4O7S2. The van der Waals surface area contributed by atoms with Crippen LogP contribution in [-0.4, -0.2) is 36.8 Å². The minimum Gasteiger partial charge on any atom is -0.279 e. The van der Waals surface area contributed by atoms with Crippen LogP contribution in [0, 0.1) is 0 Å². The standard InChI is InChI=1S/C2H2F4O7S2/c3-1(4,14(7,8)9)13-2(5,6)15(10,11)12/h(H,7,8,9)(H,10,11,12). The molecule has 0 aliphatic heterocycles. The van der Waals surface area contributed by atoms with E-state index in [1.54, 1.807) is 0 Å². The first kappa shape index (κ1) is 14.5. The van der Waals surface area contributed by atoms with Crippen LogP contribution in [0.5, 0.6) is 0 Å². The normalized spacial score (nSPS) is 15.3. The monoisotopic (exact) mass is 278 g/mol. The van der Waals surface area contributed by atoms with Crippen LogP contribution >= 0.6 is 0 Å². The predicted molar refractivity (Wildman–Crippen MR) is 34.1 cm³/mol. The Morgan fingerprint density at radius 3 is 1.13 bits per heavy atom. The van der Waals surface area contributed by atoms with Crippen LogP contribution in [0.3, 0.4) is 0 Å². The first-order valence-electron chi connectivity index (χ1n) is 2.60. The van der Waals surface area contributed by atoms with Gasteiger partial charge in [0.15, 0.2) is 0 Å². The summed E-state index contributed by atoms with van der Waals surface area (Å²) in [6.07, 6.45) is 0. The largest absolute Gasteiger partial charge is 0.493 e. The third kappa shape index (κ3) is 3.23. The molecule has 0 amide bonds. The maximum absolute atomic E-state index is 12.0. The lowest BCUT2D eigenvalue weighted by molar-refractivity contribution is -0.300. The molecule has 15 heavy (non-hydrogen) atoms. The SMILES string of the molecule is O=S(=O)(O)C(F)(F)OC(F)(F)S(=O)(=O)O. The lowest BCUT2D eigenvalue weighted by Gasteiger charge is -2.18. The molecule has 0 rings (SSSR count). The quantitative estimate of drug-likeness (QED) is 0.543. The number of alkyl halides is 4. The average Bonchev–Trinajstić information content (AvgIpc) is 1.77. The van der Waals surface area contributed by atoms with Gasteiger partial charge in [-0.1, -0.05) is 0 Å². The summed E-state index contributed by atoms with van der Waals surface area (Å²) in [6, 6.07) is 0. The zero-order valence-electron chi connectivity index (χ0n) is 6.26. The Morgan fingerprint density at radius 2 is 1.00 bits per heavy atom. The van der Waals surface area contributed by atoms with E-state index < -0.39 is 31.1 Å². The highest BCUT2D eigenvalue weighted by atomic mass is 32.2. The van der Waals surface area contributed by atoms with E-state index in [9.17, 15) is 34.4 Å². The summed E-state index contributed by atoms with van der Waals surface area (Å²) >= 11 is 0. The van der Waals surface area contributed by atoms with E-state index in [1.807, 2.05) is 4.74 Å². The molecule has 0 radical (unpaired) electrons. The Balaban J connectivity index is 5.25. The Morgan fingerprint density at radius 1 is 0.800 bits per heavy atom. The smallest absolute Gasteiger partial charge is 0.279 e. The number of halogens is 4. The number of hydrogen-bond donors (Lipinski definition) is 2. The molecule has 0 aliphatic rings. The molecule has 0 bridgehead atoms. The third-order valence-electron chi connectivity index (χ3n) is 0.838. The molecule has 0 aromatic rings. The first-order valence-corrected chi connectivity index (χ1v) is 5.48. The second kappa shape index (κ2) is 3.51. The molecule has 0 saturated heterocycles. The second-order valence-corrected chi connectivity index (χ2v) is 4.83. The number of rotatable bonds is 4. The highest BCUT2D eigenvalue weighted by Gasteiger charge is 2.60. The lowest BCUT2D eigenvalue weighted by Crippen LogP contribution is -2.43. The molecule has 0 aliphatic carbocycles. The van der Waals surface area contributed by atoms with Crippen LogP contribution < -0.4 is 0 Å². The summed E-state index contributed by atoms with van der Waals surface area (Å²) in [4.78, 5) is 0. The van der Waals surface area contributed by atoms with Crippen LogP contribution in [-0.2, 0) is 25.0 Å². The van der Waals surface area contributed by atoms with Gasteiger partial charge in [-0.3, -0.25) is 9.11 Å². The summed E-state index contributed by atoms with van der Waals surface area (Å²) in [5.74, 6) is 0. The summed E-state index contributed by atoms with van der Waals surface area (Å²) in [5.41, 5.74) is -11.8. The number of ether oxygens (including phenoxy) is 1. The summed E-state index contributed by atoms with van der Waals surface area (Å²) in [5, 5.41) is 0. The van der Waals surface area contributed by atoms with Crippen molar-refractivity contribution in [2.75, 3.05) is 0 Å². The molecule has 0 aromatic heterocycles.